The van der Waals surface area contributed by atoms with Gasteiger partial charge in [0.1, 0.15) is 5.69 Å². The molecule has 0 amide bonds. The first kappa shape index (κ1) is 21.0. The van der Waals surface area contributed by atoms with Crippen LogP contribution in [0.3, 0.4) is 0 Å². The van der Waals surface area contributed by atoms with E-state index in [0.29, 0.717) is 34.1 Å². The van der Waals surface area contributed by atoms with Crippen molar-refractivity contribution in [1.29, 1.82) is 0 Å². The second kappa shape index (κ2) is 9.17. The van der Waals surface area contributed by atoms with E-state index in [9.17, 15) is 9.59 Å². The number of esters is 1. The zero-order chi connectivity index (χ0) is 21.7. The molecule has 0 spiro atoms. The van der Waals surface area contributed by atoms with Crippen LogP contribution in [0, 0.1) is 0 Å². The summed E-state index contributed by atoms with van der Waals surface area (Å²) in [5.41, 5.74) is 2.02. The molecule has 0 aliphatic heterocycles. The maximum atomic E-state index is 12.9. The second-order valence-electron chi connectivity index (χ2n) is 6.29. The highest BCUT2D eigenvalue weighted by atomic mass is 16.5. The van der Waals surface area contributed by atoms with E-state index < -0.39 is 5.97 Å². The van der Waals surface area contributed by atoms with E-state index in [2.05, 4.69) is 4.98 Å². The highest BCUT2D eigenvalue weighted by Crippen LogP contribution is 2.38. The molecular formula is C23H23NO6. The molecule has 3 rings (SSSR count). The fourth-order valence-corrected chi connectivity index (χ4v) is 3.18. The minimum Gasteiger partial charge on any atom is -0.493 e. The molecule has 1 N–H and O–H groups in total. The SMILES string of the molecule is CCOC(=O)c1[nH]c2ccccc2c1/C=C/C(=O)c1cc(OC)c(OC)c(OC)c1. The molecule has 3 aromatic rings. The summed E-state index contributed by atoms with van der Waals surface area (Å²) in [5.74, 6) is 0.408. The van der Waals surface area contributed by atoms with Crippen molar-refractivity contribution >= 4 is 28.7 Å². The molecule has 7 heteroatoms. The van der Waals surface area contributed by atoms with Crippen LogP contribution in [0.2, 0.25) is 0 Å². The fraction of sp³-hybridized carbons (Fsp3) is 0.217. The number of methoxy groups -OCH3 is 3. The lowest BCUT2D eigenvalue weighted by atomic mass is 10.1. The van der Waals surface area contributed by atoms with E-state index in [-0.39, 0.29) is 12.4 Å². The lowest BCUT2D eigenvalue weighted by Gasteiger charge is -2.13. The van der Waals surface area contributed by atoms with Crippen LogP contribution in [0.5, 0.6) is 17.2 Å². The van der Waals surface area contributed by atoms with E-state index >= 15 is 0 Å². The Balaban J connectivity index is 2.02. The highest BCUT2D eigenvalue weighted by Gasteiger charge is 2.18. The van der Waals surface area contributed by atoms with E-state index in [1.54, 1.807) is 25.1 Å². The number of nitrogens with one attached hydrogen (secondary N) is 1. The number of rotatable bonds is 8. The number of para-hydroxylation sites is 1. The predicted octanol–water partition coefficient (Wildman–Crippen LogP) is 4.27. The monoisotopic (exact) mass is 409 g/mol. The van der Waals surface area contributed by atoms with Crippen LogP contribution in [0.1, 0.15) is 33.3 Å². The van der Waals surface area contributed by atoms with E-state index in [0.717, 1.165) is 10.9 Å². The summed E-state index contributed by atoms with van der Waals surface area (Å²) in [6.45, 7) is 1.99. The molecule has 0 radical (unpaired) electrons. The number of H-pyrrole nitrogens is 1. The highest BCUT2D eigenvalue weighted by molar-refractivity contribution is 6.10. The first-order chi connectivity index (χ1) is 14.5. The zero-order valence-electron chi connectivity index (χ0n) is 17.3. The number of fused-ring (bicyclic) bond motifs is 1. The quantitative estimate of drug-likeness (QED) is 0.340. The Hall–Kier alpha value is -3.74. The zero-order valence-corrected chi connectivity index (χ0v) is 17.3. The van der Waals surface area contributed by atoms with Gasteiger partial charge in [-0.3, -0.25) is 4.79 Å². The third kappa shape index (κ3) is 4.00. The number of ether oxygens (including phenoxy) is 4. The Bertz CT molecular complexity index is 1090. The van der Waals surface area contributed by atoms with Gasteiger partial charge in [0.05, 0.1) is 27.9 Å². The molecule has 0 saturated carbocycles. The molecule has 30 heavy (non-hydrogen) atoms. The number of benzene rings is 2. The Morgan fingerprint density at radius 2 is 1.67 bits per heavy atom. The van der Waals surface area contributed by atoms with Crippen LogP contribution in [-0.2, 0) is 4.74 Å². The number of aromatic amines is 1. The first-order valence-corrected chi connectivity index (χ1v) is 9.34. The van der Waals surface area contributed by atoms with Crippen LogP contribution in [-0.4, -0.2) is 44.7 Å². The standard InChI is InChI=1S/C23H23NO6/c1-5-30-23(26)21-16(15-8-6-7-9-17(15)24-21)10-11-18(25)14-12-19(27-2)22(29-4)20(13-14)28-3/h6-13,24H,5H2,1-4H3/b11-10+. The van der Waals surface area contributed by atoms with Crippen LogP contribution in [0.15, 0.2) is 42.5 Å². The molecule has 0 bridgehead atoms. The number of allylic oxidation sites excluding steroid dienone is 1. The third-order valence-corrected chi connectivity index (χ3v) is 4.58. The van der Waals surface area contributed by atoms with Crippen molar-refractivity contribution in [1.82, 2.24) is 4.98 Å². The molecular weight excluding hydrogens is 386 g/mol. The molecule has 0 aliphatic rings. The van der Waals surface area contributed by atoms with Gasteiger partial charge in [0.15, 0.2) is 17.3 Å². The largest absolute Gasteiger partial charge is 0.493 e. The van der Waals surface area contributed by atoms with Gasteiger partial charge in [-0.05, 0) is 37.3 Å². The lowest BCUT2D eigenvalue weighted by Crippen LogP contribution is -2.06. The molecule has 0 atom stereocenters. The van der Waals surface area contributed by atoms with Gasteiger partial charge in [0.25, 0.3) is 0 Å². The molecule has 1 heterocycles. The minimum atomic E-state index is -0.478. The summed E-state index contributed by atoms with van der Waals surface area (Å²) in [4.78, 5) is 28.3. The van der Waals surface area contributed by atoms with Crippen LogP contribution < -0.4 is 14.2 Å². The van der Waals surface area contributed by atoms with Gasteiger partial charge >= 0.3 is 5.97 Å². The molecule has 0 fully saturated rings. The van der Waals surface area contributed by atoms with Crippen molar-refractivity contribution in [2.45, 2.75) is 6.92 Å². The van der Waals surface area contributed by atoms with Crippen molar-refractivity contribution < 1.29 is 28.5 Å². The molecule has 2 aromatic carbocycles. The first-order valence-electron chi connectivity index (χ1n) is 9.34. The summed E-state index contributed by atoms with van der Waals surface area (Å²) >= 11 is 0. The maximum Gasteiger partial charge on any atom is 0.355 e. The normalized spacial score (nSPS) is 10.9. The summed E-state index contributed by atoms with van der Waals surface area (Å²) in [6, 6.07) is 10.6. The molecule has 7 nitrogen and oxygen atoms in total. The van der Waals surface area contributed by atoms with Crippen molar-refractivity contribution in [3.05, 3.63) is 59.3 Å². The second-order valence-corrected chi connectivity index (χ2v) is 6.29. The number of carbonyl (C=O) groups excluding carboxylic acids is 2. The Morgan fingerprint density at radius 1 is 1.00 bits per heavy atom. The predicted molar refractivity (Wildman–Crippen MR) is 114 cm³/mol. The van der Waals surface area contributed by atoms with E-state index in [1.165, 1.54) is 27.4 Å². The van der Waals surface area contributed by atoms with Crippen LogP contribution >= 0.6 is 0 Å². The molecule has 156 valence electrons. The van der Waals surface area contributed by atoms with Crippen molar-refractivity contribution in [3.63, 3.8) is 0 Å². The van der Waals surface area contributed by atoms with Gasteiger partial charge < -0.3 is 23.9 Å². The van der Waals surface area contributed by atoms with E-state index in [1.807, 2.05) is 24.3 Å². The smallest absolute Gasteiger partial charge is 0.355 e. The summed E-state index contributed by atoms with van der Waals surface area (Å²) in [6.07, 6.45) is 3.01. The summed E-state index contributed by atoms with van der Waals surface area (Å²) < 4.78 is 21.0. The number of ketones is 1. The van der Waals surface area contributed by atoms with Crippen LogP contribution in [0.25, 0.3) is 17.0 Å². The van der Waals surface area contributed by atoms with Gasteiger partial charge in [-0.1, -0.05) is 18.2 Å². The van der Waals surface area contributed by atoms with Gasteiger partial charge in [0, 0.05) is 22.0 Å². The van der Waals surface area contributed by atoms with Gasteiger partial charge in [-0.25, -0.2) is 4.79 Å². The maximum absolute atomic E-state index is 12.9. The van der Waals surface area contributed by atoms with Gasteiger partial charge in [0.2, 0.25) is 5.75 Å². The van der Waals surface area contributed by atoms with Crippen molar-refractivity contribution in [2.75, 3.05) is 27.9 Å². The van der Waals surface area contributed by atoms with Crippen molar-refractivity contribution in [2.24, 2.45) is 0 Å². The van der Waals surface area contributed by atoms with Crippen molar-refractivity contribution in [3.8, 4) is 17.2 Å². The Morgan fingerprint density at radius 3 is 2.27 bits per heavy atom. The number of hydrogen-bond acceptors (Lipinski definition) is 6. The lowest BCUT2D eigenvalue weighted by molar-refractivity contribution is 0.0520. The van der Waals surface area contributed by atoms with E-state index in [4.69, 9.17) is 18.9 Å². The van der Waals surface area contributed by atoms with Gasteiger partial charge in [-0.2, -0.15) is 0 Å². The molecule has 0 saturated heterocycles. The number of aromatic nitrogens is 1. The molecule has 1 aromatic heterocycles. The molecule has 0 unspecified atom stereocenters. The summed E-state index contributed by atoms with van der Waals surface area (Å²) in [5, 5.41) is 0.814. The van der Waals surface area contributed by atoms with Crippen LogP contribution in [0.4, 0.5) is 0 Å². The Kier molecular flexibility index (Phi) is 6.41. The fourth-order valence-electron chi connectivity index (χ4n) is 3.18. The average molecular weight is 409 g/mol. The average Bonchev–Trinajstić information content (AvgIpc) is 3.15. The van der Waals surface area contributed by atoms with Gasteiger partial charge in [-0.15, -0.1) is 0 Å². The Labute approximate surface area is 174 Å². The topological polar surface area (TPSA) is 86.9 Å². The third-order valence-electron chi connectivity index (χ3n) is 4.58. The molecule has 0 aliphatic carbocycles. The minimum absolute atomic E-state index is 0.252. The number of carbonyl (C=O) groups is 2. The summed E-state index contributed by atoms with van der Waals surface area (Å²) in [7, 11) is 4.47. The number of hydrogen-bond donors (Lipinski definition) is 1.